The fraction of sp³-hybridized carbons (Fsp3) is 0.333. The lowest BCUT2D eigenvalue weighted by Gasteiger charge is -2.14. The summed E-state index contributed by atoms with van der Waals surface area (Å²) in [6.07, 6.45) is 1.42. The summed E-state index contributed by atoms with van der Waals surface area (Å²) in [5.74, 6) is 0.573. The van der Waals surface area contributed by atoms with Crippen LogP contribution in [-0.2, 0) is 0 Å². The van der Waals surface area contributed by atoms with Crippen LogP contribution in [0.3, 0.4) is 0 Å². The van der Waals surface area contributed by atoms with Crippen molar-refractivity contribution in [3.8, 4) is 17.2 Å². The van der Waals surface area contributed by atoms with Crippen LogP contribution in [0.15, 0.2) is 40.9 Å². The number of hydrogen-bond donors (Lipinski definition) is 3. The number of ether oxygens (including phenoxy) is 2. The lowest BCUT2D eigenvalue weighted by molar-refractivity contribution is 0.0951. The van der Waals surface area contributed by atoms with Crippen molar-refractivity contribution >= 4 is 27.7 Å². The van der Waals surface area contributed by atoms with Crippen molar-refractivity contribution in [3.63, 3.8) is 0 Å². The Balaban J connectivity index is 1.83. The summed E-state index contributed by atoms with van der Waals surface area (Å²) in [5.41, 5.74) is 0.831. The summed E-state index contributed by atoms with van der Waals surface area (Å²) < 4.78 is 11.6. The minimum Gasteiger partial charge on any atom is -0.508 e. The molecule has 7 nitrogen and oxygen atoms in total. The third-order valence-corrected chi connectivity index (χ3v) is 4.56. The quantitative estimate of drug-likeness (QED) is 0.467. The number of methoxy groups -OCH3 is 1. The summed E-state index contributed by atoms with van der Waals surface area (Å²) in [7, 11) is 1.53. The number of aromatic hydroxyl groups is 1. The highest BCUT2D eigenvalue weighted by molar-refractivity contribution is 9.10. The largest absolute Gasteiger partial charge is 0.508 e. The van der Waals surface area contributed by atoms with Gasteiger partial charge >= 0.3 is 0 Å². The zero-order valence-corrected chi connectivity index (χ0v) is 18.0. The molecule has 0 spiro atoms. The van der Waals surface area contributed by atoms with E-state index in [2.05, 4.69) is 26.6 Å². The van der Waals surface area contributed by atoms with Gasteiger partial charge in [-0.25, -0.2) is 0 Å². The minimum atomic E-state index is -0.274. The first-order valence-corrected chi connectivity index (χ1v) is 10.1. The van der Waals surface area contributed by atoms with Crippen molar-refractivity contribution in [2.24, 2.45) is 0 Å². The molecule has 29 heavy (non-hydrogen) atoms. The zero-order chi connectivity index (χ0) is 21.2. The van der Waals surface area contributed by atoms with Gasteiger partial charge in [0.1, 0.15) is 5.75 Å². The second-order valence-electron chi connectivity index (χ2n) is 6.25. The maximum atomic E-state index is 12.4. The van der Waals surface area contributed by atoms with E-state index in [1.807, 2.05) is 6.92 Å². The van der Waals surface area contributed by atoms with Crippen LogP contribution < -0.4 is 20.1 Å². The Morgan fingerprint density at radius 2 is 1.76 bits per heavy atom. The van der Waals surface area contributed by atoms with Crippen molar-refractivity contribution in [3.05, 3.63) is 52.0 Å². The van der Waals surface area contributed by atoms with Crippen molar-refractivity contribution < 1.29 is 24.2 Å². The summed E-state index contributed by atoms with van der Waals surface area (Å²) in [4.78, 5) is 24.4. The van der Waals surface area contributed by atoms with E-state index in [0.29, 0.717) is 53.2 Å². The highest BCUT2D eigenvalue weighted by Crippen LogP contribution is 2.36. The van der Waals surface area contributed by atoms with Gasteiger partial charge in [0.15, 0.2) is 11.5 Å². The van der Waals surface area contributed by atoms with Crippen molar-refractivity contribution in [2.45, 2.75) is 19.8 Å². The van der Waals surface area contributed by atoms with Crippen LogP contribution in [-0.4, -0.2) is 43.7 Å². The topological polar surface area (TPSA) is 96.9 Å². The molecule has 2 rings (SSSR count). The molecule has 0 unspecified atom stereocenters. The molecule has 3 N–H and O–H groups in total. The van der Waals surface area contributed by atoms with E-state index >= 15 is 0 Å². The molecule has 0 aliphatic heterocycles. The molecule has 2 aromatic rings. The molecule has 0 bridgehead atoms. The zero-order valence-electron chi connectivity index (χ0n) is 16.5. The van der Waals surface area contributed by atoms with E-state index in [-0.39, 0.29) is 17.6 Å². The van der Waals surface area contributed by atoms with Gasteiger partial charge in [-0.3, -0.25) is 9.59 Å². The third kappa shape index (κ3) is 6.67. The Hall–Kier alpha value is -2.74. The standard InChI is InChI=1S/C21H25BrN2O5/c1-3-10-29-19-17(22)12-15(13-18(19)28-2)21(27)24-9-5-8-23-20(26)14-6-4-7-16(25)11-14/h4,6-7,11-13,25H,3,5,8-10H2,1-2H3,(H,23,26)(H,24,27). The second kappa shape index (κ2) is 11.3. The van der Waals surface area contributed by atoms with Gasteiger partial charge in [0.25, 0.3) is 11.8 Å². The normalized spacial score (nSPS) is 10.3. The Bertz CT molecular complexity index is 857. The molecule has 0 saturated heterocycles. The van der Waals surface area contributed by atoms with Crippen LogP contribution in [0.2, 0.25) is 0 Å². The average molecular weight is 465 g/mol. The number of hydrogen-bond acceptors (Lipinski definition) is 5. The van der Waals surface area contributed by atoms with E-state index in [1.165, 1.54) is 19.2 Å². The Morgan fingerprint density at radius 1 is 1.07 bits per heavy atom. The van der Waals surface area contributed by atoms with Crippen LogP contribution >= 0.6 is 15.9 Å². The number of carbonyl (C=O) groups excluding carboxylic acids is 2. The monoisotopic (exact) mass is 464 g/mol. The van der Waals surface area contributed by atoms with Gasteiger partial charge in [-0.1, -0.05) is 13.0 Å². The Kier molecular flexibility index (Phi) is 8.79. The second-order valence-corrected chi connectivity index (χ2v) is 7.11. The van der Waals surface area contributed by atoms with Crippen LogP contribution in [0.25, 0.3) is 0 Å². The minimum absolute atomic E-state index is 0.0395. The van der Waals surface area contributed by atoms with Gasteiger partial charge < -0.3 is 25.2 Å². The first kappa shape index (κ1) is 22.5. The summed E-state index contributed by atoms with van der Waals surface area (Å²) in [6.45, 7) is 3.35. The summed E-state index contributed by atoms with van der Waals surface area (Å²) >= 11 is 3.42. The number of rotatable bonds is 10. The molecule has 0 saturated carbocycles. The van der Waals surface area contributed by atoms with Crippen LogP contribution in [0.5, 0.6) is 17.2 Å². The molecular formula is C21H25BrN2O5. The Morgan fingerprint density at radius 3 is 2.38 bits per heavy atom. The first-order chi connectivity index (χ1) is 14.0. The maximum absolute atomic E-state index is 12.4. The first-order valence-electron chi connectivity index (χ1n) is 9.32. The fourth-order valence-corrected chi connectivity index (χ4v) is 3.10. The number of benzene rings is 2. The number of carbonyl (C=O) groups is 2. The molecule has 0 heterocycles. The Labute approximate surface area is 178 Å². The predicted octanol–water partition coefficient (Wildman–Crippen LogP) is 3.50. The van der Waals surface area contributed by atoms with Crippen molar-refractivity contribution in [2.75, 3.05) is 26.8 Å². The number of nitrogens with one attached hydrogen (secondary N) is 2. The van der Waals surface area contributed by atoms with Gasteiger partial charge in [-0.2, -0.15) is 0 Å². The number of amides is 2. The molecule has 0 radical (unpaired) electrons. The molecule has 0 aliphatic carbocycles. The third-order valence-electron chi connectivity index (χ3n) is 3.98. The average Bonchev–Trinajstić information content (AvgIpc) is 2.71. The maximum Gasteiger partial charge on any atom is 0.251 e. The molecule has 8 heteroatoms. The van der Waals surface area contributed by atoms with Crippen molar-refractivity contribution in [1.29, 1.82) is 0 Å². The molecule has 0 fully saturated rings. The molecule has 0 atom stereocenters. The molecule has 2 aromatic carbocycles. The highest BCUT2D eigenvalue weighted by atomic mass is 79.9. The van der Waals surface area contributed by atoms with E-state index in [4.69, 9.17) is 9.47 Å². The molecule has 0 aromatic heterocycles. The van der Waals surface area contributed by atoms with E-state index < -0.39 is 0 Å². The van der Waals surface area contributed by atoms with E-state index in [9.17, 15) is 14.7 Å². The lowest BCUT2D eigenvalue weighted by Crippen LogP contribution is -2.29. The van der Waals surface area contributed by atoms with E-state index in [0.717, 1.165) is 6.42 Å². The summed E-state index contributed by atoms with van der Waals surface area (Å²) in [5, 5.41) is 15.0. The van der Waals surface area contributed by atoms with Gasteiger partial charge in [0.2, 0.25) is 0 Å². The molecule has 156 valence electrons. The fourth-order valence-electron chi connectivity index (χ4n) is 2.54. The molecular weight excluding hydrogens is 440 g/mol. The van der Waals surface area contributed by atoms with Gasteiger partial charge in [-0.15, -0.1) is 0 Å². The lowest BCUT2D eigenvalue weighted by atomic mass is 10.2. The number of halogens is 1. The van der Waals surface area contributed by atoms with Gasteiger partial charge in [-0.05, 0) is 59.1 Å². The molecule has 0 aliphatic rings. The van der Waals surface area contributed by atoms with Crippen LogP contribution in [0, 0.1) is 0 Å². The predicted molar refractivity (Wildman–Crippen MR) is 114 cm³/mol. The van der Waals surface area contributed by atoms with Crippen LogP contribution in [0.4, 0.5) is 0 Å². The van der Waals surface area contributed by atoms with E-state index in [1.54, 1.807) is 24.3 Å². The SMILES string of the molecule is CCCOc1c(Br)cc(C(=O)NCCCNC(=O)c2cccc(O)c2)cc1OC. The number of phenols is 1. The molecule has 2 amide bonds. The van der Waals surface area contributed by atoms with Crippen molar-refractivity contribution in [1.82, 2.24) is 10.6 Å². The summed E-state index contributed by atoms with van der Waals surface area (Å²) in [6, 6.07) is 9.45. The van der Waals surface area contributed by atoms with Crippen LogP contribution in [0.1, 0.15) is 40.5 Å². The number of phenolic OH excluding ortho intramolecular Hbond substituents is 1. The van der Waals surface area contributed by atoms with Gasteiger partial charge in [0.05, 0.1) is 18.2 Å². The van der Waals surface area contributed by atoms with Gasteiger partial charge in [0, 0.05) is 24.2 Å². The smallest absolute Gasteiger partial charge is 0.251 e. The highest BCUT2D eigenvalue weighted by Gasteiger charge is 2.15.